The quantitative estimate of drug-likeness (QED) is 0.650. The van der Waals surface area contributed by atoms with Crippen LogP contribution in [0.25, 0.3) is 0 Å². The number of Topliss-reactive ketones (excluding diaryl/α,β-unsaturated/α-hetero) is 1. The number of aryl methyl sites for hydroxylation is 1. The Hall–Kier alpha value is -2.10. The number of rotatable bonds is 3. The van der Waals surface area contributed by atoms with Crippen molar-refractivity contribution < 1.29 is 9.59 Å². The molecule has 0 spiro atoms. The predicted molar refractivity (Wildman–Crippen MR) is 70.2 cm³/mol. The monoisotopic (exact) mass is 244 g/mol. The summed E-state index contributed by atoms with van der Waals surface area (Å²) >= 11 is 0. The van der Waals surface area contributed by atoms with Crippen molar-refractivity contribution in [1.29, 1.82) is 0 Å². The van der Waals surface area contributed by atoms with Gasteiger partial charge in [-0.05, 0) is 31.0 Å². The summed E-state index contributed by atoms with van der Waals surface area (Å²) in [4.78, 5) is 25.0. The molecule has 4 nitrogen and oxygen atoms in total. The number of hydrogen-bond donors (Lipinski definition) is 1. The Balaban J connectivity index is 2.31. The zero-order valence-corrected chi connectivity index (χ0v) is 10.6. The Kier molecular flexibility index (Phi) is 2.95. The van der Waals surface area contributed by atoms with Crippen molar-refractivity contribution in [3.63, 3.8) is 0 Å². The molecule has 1 heterocycles. The standard InChI is InChI=1S/C14H16N2O2/c1-8-4-5-12(15)13-11(8)7-16(14(13)18)6-9(2)10(3)17/h4-5H,2,6-7,15H2,1,3H3. The zero-order valence-electron chi connectivity index (χ0n) is 10.6. The van der Waals surface area contributed by atoms with Crippen LogP contribution in [0.4, 0.5) is 5.69 Å². The Morgan fingerprint density at radius 3 is 2.72 bits per heavy atom. The maximum Gasteiger partial charge on any atom is 0.256 e. The van der Waals surface area contributed by atoms with Gasteiger partial charge >= 0.3 is 0 Å². The molecule has 0 aliphatic carbocycles. The minimum atomic E-state index is -0.117. The maximum atomic E-state index is 12.2. The van der Waals surface area contributed by atoms with Gasteiger partial charge in [0.2, 0.25) is 0 Å². The lowest BCUT2D eigenvalue weighted by atomic mass is 10.0. The number of anilines is 1. The summed E-state index contributed by atoms with van der Waals surface area (Å²) in [6, 6.07) is 3.65. The van der Waals surface area contributed by atoms with Crippen LogP contribution in [0.3, 0.4) is 0 Å². The van der Waals surface area contributed by atoms with Crippen LogP contribution in [0.1, 0.15) is 28.4 Å². The number of carbonyl (C=O) groups is 2. The molecule has 1 aliphatic rings. The fraction of sp³-hybridized carbons (Fsp3) is 0.286. The van der Waals surface area contributed by atoms with Crippen molar-refractivity contribution in [3.8, 4) is 0 Å². The third kappa shape index (κ3) is 1.90. The Morgan fingerprint density at radius 2 is 2.17 bits per heavy atom. The number of fused-ring (bicyclic) bond motifs is 1. The molecule has 0 unspecified atom stereocenters. The van der Waals surface area contributed by atoms with Gasteiger partial charge in [0.15, 0.2) is 5.78 Å². The number of nitrogens with two attached hydrogens (primary N) is 1. The molecule has 4 heteroatoms. The second-order valence-corrected chi connectivity index (χ2v) is 4.65. The fourth-order valence-corrected chi connectivity index (χ4v) is 2.12. The molecule has 0 atom stereocenters. The molecule has 0 saturated heterocycles. The minimum Gasteiger partial charge on any atom is -0.398 e. The third-order valence-electron chi connectivity index (χ3n) is 3.31. The predicted octanol–water partition coefficient (Wildman–Crippen LogP) is 1.68. The van der Waals surface area contributed by atoms with Crippen molar-refractivity contribution in [3.05, 3.63) is 41.0 Å². The van der Waals surface area contributed by atoms with E-state index in [1.165, 1.54) is 6.92 Å². The molecule has 1 amide bonds. The first-order chi connectivity index (χ1) is 8.41. The van der Waals surface area contributed by atoms with Crippen molar-refractivity contribution in [2.45, 2.75) is 20.4 Å². The van der Waals surface area contributed by atoms with Crippen molar-refractivity contribution in [2.75, 3.05) is 12.3 Å². The summed E-state index contributed by atoms with van der Waals surface area (Å²) in [5.74, 6) is -0.211. The highest BCUT2D eigenvalue weighted by Crippen LogP contribution is 2.30. The van der Waals surface area contributed by atoms with E-state index in [9.17, 15) is 9.59 Å². The summed E-state index contributed by atoms with van der Waals surface area (Å²) in [6.45, 7) is 7.86. The van der Waals surface area contributed by atoms with Gasteiger partial charge in [-0.3, -0.25) is 9.59 Å². The highest BCUT2D eigenvalue weighted by molar-refractivity contribution is 6.04. The van der Waals surface area contributed by atoms with Crippen LogP contribution in [0.5, 0.6) is 0 Å². The Morgan fingerprint density at radius 1 is 1.50 bits per heavy atom. The number of hydrogen-bond acceptors (Lipinski definition) is 3. The van der Waals surface area contributed by atoms with Gasteiger partial charge in [0.1, 0.15) is 0 Å². The number of nitrogens with zero attached hydrogens (tertiary/aromatic N) is 1. The summed E-state index contributed by atoms with van der Waals surface area (Å²) in [5, 5.41) is 0. The van der Waals surface area contributed by atoms with Gasteiger partial charge in [-0.1, -0.05) is 12.6 Å². The highest BCUT2D eigenvalue weighted by Gasteiger charge is 2.31. The van der Waals surface area contributed by atoms with Gasteiger partial charge in [0, 0.05) is 24.4 Å². The van der Waals surface area contributed by atoms with Gasteiger partial charge < -0.3 is 10.6 Å². The number of nitrogen functional groups attached to an aromatic ring is 1. The van der Waals surface area contributed by atoms with Crippen LogP contribution in [0, 0.1) is 6.92 Å². The number of ketones is 1. The van der Waals surface area contributed by atoms with E-state index >= 15 is 0 Å². The molecule has 1 aromatic carbocycles. The number of benzene rings is 1. The van der Waals surface area contributed by atoms with E-state index in [1.54, 1.807) is 11.0 Å². The molecule has 2 rings (SSSR count). The molecule has 0 saturated carbocycles. The lowest BCUT2D eigenvalue weighted by Crippen LogP contribution is -2.27. The molecule has 1 aliphatic heterocycles. The molecule has 1 aromatic rings. The van der Waals surface area contributed by atoms with E-state index in [4.69, 9.17) is 5.73 Å². The van der Waals surface area contributed by atoms with E-state index < -0.39 is 0 Å². The smallest absolute Gasteiger partial charge is 0.256 e. The van der Waals surface area contributed by atoms with Gasteiger partial charge in [-0.15, -0.1) is 0 Å². The van der Waals surface area contributed by atoms with E-state index in [2.05, 4.69) is 6.58 Å². The summed E-state index contributed by atoms with van der Waals surface area (Å²) in [6.07, 6.45) is 0. The molecule has 2 N–H and O–H groups in total. The van der Waals surface area contributed by atoms with E-state index in [0.29, 0.717) is 23.4 Å². The normalized spacial score (nSPS) is 13.7. The van der Waals surface area contributed by atoms with Crippen molar-refractivity contribution in [2.24, 2.45) is 0 Å². The second-order valence-electron chi connectivity index (χ2n) is 4.65. The van der Waals surface area contributed by atoms with Gasteiger partial charge in [-0.25, -0.2) is 0 Å². The average Bonchev–Trinajstić information content (AvgIpc) is 2.63. The van der Waals surface area contributed by atoms with Crippen LogP contribution >= 0.6 is 0 Å². The Bertz CT molecular complexity index is 561. The van der Waals surface area contributed by atoms with E-state index in [1.807, 2.05) is 13.0 Å². The summed E-state index contributed by atoms with van der Waals surface area (Å²) in [5.41, 5.74) is 9.36. The molecule has 0 radical (unpaired) electrons. The molecular formula is C14H16N2O2. The zero-order chi connectivity index (χ0) is 13.4. The van der Waals surface area contributed by atoms with Crippen LogP contribution in [-0.2, 0) is 11.3 Å². The first-order valence-electron chi connectivity index (χ1n) is 5.77. The SMILES string of the molecule is C=C(CN1Cc2c(C)ccc(N)c2C1=O)C(C)=O. The topological polar surface area (TPSA) is 63.4 Å². The van der Waals surface area contributed by atoms with Gasteiger partial charge in [0.05, 0.1) is 5.56 Å². The lowest BCUT2D eigenvalue weighted by Gasteiger charge is -2.15. The fourth-order valence-electron chi connectivity index (χ4n) is 2.12. The van der Waals surface area contributed by atoms with Gasteiger partial charge in [-0.2, -0.15) is 0 Å². The van der Waals surface area contributed by atoms with Crippen molar-refractivity contribution in [1.82, 2.24) is 4.90 Å². The average molecular weight is 244 g/mol. The Labute approximate surface area is 106 Å². The van der Waals surface area contributed by atoms with Gasteiger partial charge in [0.25, 0.3) is 5.91 Å². The second kappa shape index (κ2) is 4.29. The lowest BCUT2D eigenvalue weighted by molar-refractivity contribution is -0.113. The summed E-state index contributed by atoms with van der Waals surface area (Å²) in [7, 11) is 0. The number of amides is 1. The first kappa shape index (κ1) is 12.4. The van der Waals surface area contributed by atoms with Crippen LogP contribution in [0.15, 0.2) is 24.3 Å². The molecule has 0 bridgehead atoms. The van der Waals surface area contributed by atoms with E-state index in [0.717, 1.165) is 11.1 Å². The maximum absolute atomic E-state index is 12.2. The van der Waals surface area contributed by atoms with Crippen molar-refractivity contribution >= 4 is 17.4 Å². The van der Waals surface area contributed by atoms with Crippen LogP contribution < -0.4 is 5.73 Å². The molecule has 0 aromatic heterocycles. The first-order valence-corrected chi connectivity index (χ1v) is 5.77. The molecular weight excluding hydrogens is 228 g/mol. The molecule has 18 heavy (non-hydrogen) atoms. The van der Waals surface area contributed by atoms with Crippen LogP contribution in [0.2, 0.25) is 0 Å². The van der Waals surface area contributed by atoms with Crippen LogP contribution in [-0.4, -0.2) is 23.1 Å². The third-order valence-corrected chi connectivity index (χ3v) is 3.31. The minimum absolute atomic E-state index is 0.0940. The summed E-state index contributed by atoms with van der Waals surface area (Å²) < 4.78 is 0. The molecule has 94 valence electrons. The molecule has 0 fully saturated rings. The number of carbonyl (C=O) groups excluding carboxylic acids is 2. The largest absolute Gasteiger partial charge is 0.398 e. The highest BCUT2D eigenvalue weighted by atomic mass is 16.2. The van der Waals surface area contributed by atoms with E-state index in [-0.39, 0.29) is 18.2 Å².